The highest BCUT2D eigenvalue weighted by molar-refractivity contribution is 7.13. The number of rotatable bonds is 1. The summed E-state index contributed by atoms with van der Waals surface area (Å²) in [6.07, 6.45) is 2.58. The first-order valence-electron chi connectivity index (χ1n) is 6.33. The van der Waals surface area contributed by atoms with Crippen molar-refractivity contribution in [2.75, 3.05) is 6.54 Å². The predicted octanol–water partition coefficient (Wildman–Crippen LogP) is 3.67. The molecule has 0 bridgehead atoms. The molecule has 1 aromatic carbocycles. The Labute approximate surface area is 106 Å². The summed E-state index contributed by atoms with van der Waals surface area (Å²) in [5.74, 6) is 0.819. The van der Waals surface area contributed by atoms with Crippen LogP contribution in [0.1, 0.15) is 37.1 Å². The monoisotopic (exact) mass is 246 g/mol. The molecule has 1 saturated heterocycles. The topological polar surface area (TPSA) is 24.9 Å². The van der Waals surface area contributed by atoms with Crippen LogP contribution in [0.25, 0.3) is 10.1 Å². The number of benzene rings is 1. The molecule has 1 N–H and O–H groups in total. The van der Waals surface area contributed by atoms with Crippen LogP contribution in [0, 0.1) is 12.8 Å². The lowest BCUT2D eigenvalue weighted by molar-refractivity contribution is 0.333. The molecule has 1 aliphatic rings. The minimum Gasteiger partial charge on any atom is -0.310 e. The molecule has 3 heteroatoms. The Morgan fingerprint density at radius 2 is 2.24 bits per heavy atom. The van der Waals surface area contributed by atoms with Crippen molar-refractivity contribution in [3.05, 3.63) is 29.5 Å². The van der Waals surface area contributed by atoms with Crippen LogP contribution in [0.15, 0.2) is 18.2 Å². The molecule has 2 heterocycles. The van der Waals surface area contributed by atoms with Gasteiger partial charge in [0.2, 0.25) is 0 Å². The number of aryl methyl sites for hydroxylation is 1. The molecule has 0 spiro atoms. The van der Waals surface area contributed by atoms with Crippen LogP contribution in [0.5, 0.6) is 0 Å². The molecule has 0 amide bonds. The second kappa shape index (κ2) is 4.39. The number of hydrogen-bond acceptors (Lipinski definition) is 3. The lowest BCUT2D eigenvalue weighted by atomic mass is 9.91. The molecule has 2 nitrogen and oxygen atoms in total. The van der Waals surface area contributed by atoms with Gasteiger partial charge in [0.1, 0.15) is 0 Å². The predicted molar refractivity (Wildman–Crippen MR) is 73.5 cm³/mol. The van der Waals surface area contributed by atoms with Crippen molar-refractivity contribution in [3.8, 4) is 0 Å². The van der Waals surface area contributed by atoms with Crippen LogP contribution in [-0.2, 0) is 0 Å². The lowest BCUT2D eigenvalue weighted by Crippen LogP contribution is -2.31. The van der Waals surface area contributed by atoms with E-state index in [1.807, 2.05) is 0 Å². The minimum absolute atomic E-state index is 0.537. The van der Waals surface area contributed by atoms with E-state index < -0.39 is 0 Å². The second-order valence-electron chi connectivity index (χ2n) is 5.17. The zero-order chi connectivity index (χ0) is 11.8. The van der Waals surface area contributed by atoms with Gasteiger partial charge in [-0.2, -0.15) is 4.37 Å². The Balaban J connectivity index is 1.92. The summed E-state index contributed by atoms with van der Waals surface area (Å²) in [5, 5.41) is 4.97. The Morgan fingerprint density at radius 1 is 1.35 bits per heavy atom. The first-order chi connectivity index (χ1) is 8.24. The van der Waals surface area contributed by atoms with Gasteiger partial charge in [-0.25, -0.2) is 0 Å². The highest BCUT2D eigenvalue weighted by Crippen LogP contribution is 2.30. The van der Waals surface area contributed by atoms with E-state index in [1.165, 1.54) is 28.5 Å². The molecular weight excluding hydrogens is 228 g/mol. The number of aromatic nitrogens is 1. The maximum absolute atomic E-state index is 4.42. The lowest BCUT2D eigenvalue weighted by Gasteiger charge is -2.28. The summed E-state index contributed by atoms with van der Waals surface area (Å²) in [6.45, 7) is 5.56. The fourth-order valence-electron chi connectivity index (χ4n) is 2.58. The third kappa shape index (κ3) is 2.09. The van der Waals surface area contributed by atoms with Gasteiger partial charge in [-0.1, -0.05) is 13.0 Å². The maximum atomic E-state index is 4.42. The molecule has 17 heavy (non-hydrogen) atoms. The third-order valence-electron chi connectivity index (χ3n) is 3.74. The Hall–Kier alpha value is -0.930. The largest absolute Gasteiger partial charge is 0.310 e. The van der Waals surface area contributed by atoms with Crippen molar-refractivity contribution in [3.63, 3.8) is 0 Å². The van der Waals surface area contributed by atoms with Gasteiger partial charge >= 0.3 is 0 Å². The number of nitrogens with zero attached hydrogens (tertiary/aromatic N) is 1. The summed E-state index contributed by atoms with van der Waals surface area (Å²) in [6, 6.07) is 7.33. The average molecular weight is 246 g/mol. The first-order valence-corrected chi connectivity index (χ1v) is 7.10. The zero-order valence-corrected chi connectivity index (χ0v) is 11.2. The van der Waals surface area contributed by atoms with Crippen molar-refractivity contribution < 1.29 is 0 Å². The summed E-state index contributed by atoms with van der Waals surface area (Å²) in [7, 11) is 0. The van der Waals surface area contributed by atoms with Gasteiger partial charge in [-0.15, -0.1) is 0 Å². The molecule has 2 aromatic rings. The Bertz CT molecular complexity index is 524. The molecule has 1 aliphatic heterocycles. The van der Waals surface area contributed by atoms with Gasteiger partial charge in [0.25, 0.3) is 0 Å². The smallest absolute Gasteiger partial charge is 0.0590 e. The van der Waals surface area contributed by atoms with E-state index in [2.05, 4.69) is 41.7 Å². The van der Waals surface area contributed by atoms with Crippen molar-refractivity contribution in [1.29, 1.82) is 0 Å². The molecule has 2 unspecified atom stereocenters. The van der Waals surface area contributed by atoms with Crippen molar-refractivity contribution in [2.45, 2.75) is 32.7 Å². The summed E-state index contributed by atoms with van der Waals surface area (Å²) >= 11 is 1.60. The molecule has 0 saturated carbocycles. The normalized spacial score (nSPS) is 25.3. The van der Waals surface area contributed by atoms with Crippen molar-refractivity contribution in [2.24, 2.45) is 5.92 Å². The highest BCUT2D eigenvalue weighted by Gasteiger charge is 2.19. The van der Waals surface area contributed by atoms with Gasteiger partial charge < -0.3 is 5.32 Å². The highest BCUT2D eigenvalue weighted by atomic mass is 32.1. The van der Waals surface area contributed by atoms with Crippen molar-refractivity contribution >= 4 is 21.6 Å². The fourth-order valence-corrected chi connectivity index (χ4v) is 3.34. The van der Waals surface area contributed by atoms with E-state index in [9.17, 15) is 0 Å². The zero-order valence-electron chi connectivity index (χ0n) is 10.4. The number of fused-ring (bicyclic) bond motifs is 1. The van der Waals surface area contributed by atoms with E-state index in [0.717, 1.165) is 18.2 Å². The third-order valence-corrected chi connectivity index (χ3v) is 4.66. The summed E-state index contributed by atoms with van der Waals surface area (Å²) < 4.78 is 5.72. The first kappa shape index (κ1) is 11.2. The quantitative estimate of drug-likeness (QED) is 0.830. The van der Waals surface area contributed by atoms with Crippen LogP contribution in [0.4, 0.5) is 0 Å². The van der Waals surface area contributed by atoms with Crippen LogP contribution in [0.2, 0.25) is 0 Å². The van der Waals surface area contributed by atoms with Gasteiger partial charge in [-0.3, -0.25) is 0 Å². The number of nitrogens with one attached hydrogen (secondary N) is 1. The van der Waals surface area contributed by atoms with Crippen LogP contribution < -0.4 is 5.32 Å². The van der Waals surface area contributed by atoms with E-state index in [-0.39, 0.29) is 0 Å². The van der Waals surface area contributed by atoms with Crippen LogP contribution in [-0.4, -0.2) is 10.9 Å². The Kier molecular flexibility index (Phi) is 2.89. The van der Waals surface area contributed by atoms with Crippen molar-refractivity contribution in [1.82, 2.24) is 9.69 Å². The standard InChI is InChI=1S/C14H18N2S/c1-9-3-5-13(15-8-9)11-4-6-14-12(7-11)10(2)16-17-14/h4,6-7,9,13,15H,3,5,8H2,1-2H3. The molecular formula is C14H18N2S. The SMILES string of the molecule is Cc1nsc2ccc(C3CCC(C)CN3)cc12. The fraction of sp³-hybridized carbons (Fsp3) is 0.500. The Morgan fingerprint density at radius 3 is 3.00 bits per heavy atom. The molecule has 3 rings (SSSR count). The van der Waals surface area contributed by atoms with Gasteiger partial charge in [0.05, 0.1) is 10.4 Å². The van der Waals surface area contributed by atoms with Crippen LogP contribution in [0.3, 0.4) is 0 Å². The number of piperidine rings is 1. The second-order valence-corrected chi connectivity index (χ2v) is 5.97. The van der Waals surface area contributed by atoms with Gasteiger partial charge in [-0.05, 0) is 61.5 Å². The maximum Gasteiger partial charge on any atom is 0.0590 e. The molecule has 0 aliphatic carbocycles. The van der Waals surface area contributed by atoms with E-state index in [0.29, 0.717) is 6.04 Å². The minimum atomic E-state index is 0.537. The van der Waals surface area contributed by atoms with Crippen LogP contribution >= 0.6 is 11.5 Å². The molecule has 2 atom stereocenters. The van der Waals surface area contributed by atoms with E-state index >= 15 is 0 Å². The molecule has 1 aromatic heterocycles. The van der Waals surface area contributed by atoms with Gasteiger partial charge in [0.15, 0.2) is 0 Å². The van der Waals surface area contributed by atoms with E-state index in [1.54, 1.807) is 11.5 Å². The van der Waals surface area contributed by atoms with Gasteiger partial charge in [0, 0.05) is 11.4 Å². The van der Waals surface area contributed by atoms with E-state index in [4.69, 9.17) is 0 Å². The molecule has 1 fully saturated rings. The average Bonchev–Trinajstić information content (AvgIpc) is 2.72. The summed E-state index contributed by atoms with van der Waals surface area (Å²) in [4.78, 5) is 0. The molecule has 0 radical (unpaired) electrons. The summed E-state index contributed by atoms with van der Waals surface area (Å²) in [5.41, 5.74) is 2.59. The number of hydrogen-bond donors (Lipinski definition) is 1. The molecule has 90 valence electrons.